The largest absolute Gasteiger partial charge is 0.459 e. The Bertz CT molecular complexity index is 2670. The number of ether oxygens (including phenoxy) is 6. The third-order valence-corrected chi connectivity index (χ3v) is 11.7. The molecule has 2 aliphatic heterocycles. The van der Waals surface area contributed by atoms with Crippen molar-refractivity contribution >= 4 is 11.9 Å². The lowest BCUT2D eigenvalue weighted by Gasteiger charge is -2.46. The maximum atomic E-state index is 13.7. The molecule has 0 bridgehead atoms. The van der Waals surface area contributed by atoms with Crippen molar-refractivity contribution in [3.63, 3.8) is 0 Å². The van der Waals surface area contributed by atoms with Gasteiger partial charge < -0.3 is 44.0 Å². The lowest BCUT2D eigenvalue weighted by molar-refractivity contribution is -0.234. The number of nitrogens with zero attached hydrogens (tertiary/aromatic N) is 5. The van der Waals surface area contributed by atoms with Crippen molar-refractivity contribution in [2.24, 2.45) is 0 Å². The van der Waals surface area contributed by atoms with Gasteiger partial charge in [0.05, 0.1) is 64.3 Å². The normalized spacial score (nSPS) is 23.5. The summed E-state index contributed by atoms with van der Waals surface area (Å²) in [5.41, 5.74) is 2.51. The molecule has 0 radical (unpaired) electrons. The van der Waals surface area contributed by atoms with Crippen molar-refractivity contribution in [1.29, 1.82) is 0 Å². The van der Waals surface area contributed by atoms with Crippen molar-refractivity contribution in [3.05, 3.63) is 189 Å². The lowest BCUT2D eigenvalue weighted by atomic mass is 9.90. The molecular weight excluding hydrogens is 877 g/mol. The summed E-state index contributed by atoms with van der Waals surface area (Å²) in [4.78, 5) is 52.7. The van der Waals surface area contributed by atoms with E-state index in [0.717, 1.165) is 31.4 Å². The number of hydrogen-bond acceptors (Lipinski definition) is 14. The van der Waals surface area contributed by atoms with Crippen molar-refractivity contribution in [1.82, 2.24) is 29.4 Å². The second-order valence-corrected chi connectivity index (χ2v) is 16.7. The van der Waals surface area contributed by atoms with Gasteiger partial charge in [0.15, 0.2) is 6.23 Å². The molecule has 1 amide bonds. The number of aliphatic hydroxyl groups excluding tert-OH is 2. The molecular formula is C50H54N6O12. The molecule has 3 N–H and O–H groups in total. The van der Waals surface area contributed by atoms with Crippen molar-refractivity contribution in [2.75, 3.05) is 6.61 Å². The SMILES string of the molecule is CC(=O)N[C@@H]1[C@@H](OCc2ccccc2)[C@H](OCc2ccccc2)[C@@H](COCc2ccccc2)O[C@@H]1CC(=O)OCc1cn(C[C@H]2O[C@@H](n3ccc(=O)n(Cc4ccccc4)c3=O)[C@H](O)[C@@H]2O)nn1. The molecule has 2 fully saturated rings. The zero-order valence-electron chi connectivity index (χ0n) is 37.3. The predicted molar refractivity (Wildman–Crippen MR) is 243 cm³/mol. The molecule has 2 saturated heterocycles. The number of aromatic nitrogens is 5. The second-order valence-electron chi connectivity index (χ2n) is 16.7. The molecule has 0 spiro atoms. The summed E-state index contributed by atoms with van der Waals surface area (Å²) < 4.78 is 41.2. The number of carbonyl (C=O) groups is 2. The Morgan fingerprint density at radius 2 is 1.28 bits per heavy atom. The first-order valence-electron chi connectivity index (χ1n) is 22.4. The van der Waals surface area contributed by atoms with Crippen LogP contribution in [0.4, 0.5) is 0 Å². The molecule has 6 aromatic rings. The summed E-state index contributed by atoms with van der Waals surface area (Å²) in [6.45, 7) is 1.78. The fraction of sp³-hybridized carbons (Fsp3) is 0.360. The average Bonchev–Trinajstić information content (AvgIpc) is 3.92. The third-order valence-electron chi connectivity index (χ3n) is 11.7. The molecule has 68 heavy (non-hydrogen) atoms. The molecule has 0 saturated carbocycles. The van der Waals surface area contributed by atoms with Gasteiger partial charge in [0, 0.05) is 19.2 Å². The molecule has 2 aromatic heterocycles. The van der Waals surface area contributed by atoms with Gasteiger partial charge in [-0.15, -0.1) is 5.10 Å². The van der Waals surface area contributed by atoms with E-state index in [1.807, 2.05) is 97.1 Å². The summed E-state index contributed by atoms with van der Waals surface area (Å²) in [6, 6.07) is 38.2. The number of nitrogens with one attached hydrogen (secondary N) is 1. The van der Waals surface area contributed by atoms with Gasteiger partial charge in [0.2, 0.25) is 5.91 Å². The van der Waals surface area contributed by atoms with Gasteiger partial charge >= 0.3 is 11.7 Å². The smallest absolute Gasteiger partial charge is 0.333 e. The van der Waals surface area contributed by atoms with Gasteiger partial charge in [-0.1, -0.05) is 127 Å². The third kappa shape index (κ3) is 12.3. The molecule has 4 heterocycles. The first-order valence-corrected chi connectivity index (χ1v) is 22.4. The molecule has 356 valence electrons. The fourth-order valence-corrected chi connectivity index (χ4v) is 8.34. The zero-order chi connectivity index (χ0) is 47.4. The van der Waals surface area contributed by atoms with Crippen LogP contribution in [0.1, 0.15) is 47.5 Å². The zero-order valence-corrected chi connectivity index (χ0v) is 37.3. The molecule has 4 aromatic carbocycles. The highest BCUT2D eigenvalue weighted by molar-refractivity contribution is 5.74. The van der Waals surface area contributed by atoms with Gasteiger partial charge in [0.25, 0.3) is 5.56 Å². The summed E-state index contributed by atoms with van der Waals surface area (Å²) in [5.74, 6) is -1.02. The van der Waals surface area contributed by atoms with E-state index in [1.54, 1.807) is 24.3 Å². The maximum absolute atomic E-state index is 13.7. The van der Waals surface area contributed by atoms with Crippen LogP contribution in [0.2, 0.25) is 0 Å². The number of amides is 1. The molecule has 18 nitrogen and oxygen atoms in total. The highest BCUT2D eigenvalue weighted by Crippen LogP contribution is 2.31. The monoisotopic (exact) mass is 930 g/mol. The summed E-state index contributed by atoms with van der Waals surface area (Å²) in [7, 11) is 0. The van der Waals surface area contributed by atoms with E-state index in [1.165, 1.54) is 30.1 Å². The van der Waals surface area contributed by atoms with Crippen LogP contribution in [0.15, 0.2) is 149 Å². The van der Waals surface area contributed by atoms with Crippen LogP contribution >= 0.6 is 0 Å². The Kier molecular flexibility index (Phi) is 16.1. The van der Waals surface area contributed by atoms with Crippen molar-refractivity contribution in [3.8, 4) is 0 Å². The number of carbonyl (C=O) groups excluding carboxylic acids is 2. The first-order chi connectivity index (χ1) is 33.1. The number of hydrogen-bond donors (Lipinski definition) is 3. The first kappa shape index (κ1) is 47.8. The molecule has 0 unspecified atom stereocenters. The summed E-state index contributed by atoms with van der Waals surface area (Å²) in [6.07, 6.45) is -6.08. The topological polar surface area (TPSA) is 217 Å². The van der Waals surface area contributed by atoms with Crippen LogP contribution in [0.5, 0.6) is 0 Å². The van der Waals surface area contributed by atoms with Crippen LogP contribution < -0.4 is 16.6 Å². The molecule has 18 heteroatoms. The Morgan fingerprint density at radius 1 is 0.691 bits per heavy atom. The number of benzene rings is 4. The highest BCUT2D eigenvalue weighted by atomic mass is 16.6. The lowest BCUT2D eigenvalue weighted by Crippen LogP contribution is -2.65. The Hall–Kier alpha value is -6.64. The van der Waals surface area contributed by atoms with Crippen molar-refractivity contribution < 1.29 is 48.2 Å². The van der Waals surface area contributed by atoms with E-state index < -0.39 is 72.2 Å². The van der Waals surface area contributed by atoms with Gasteiger partial charge in [0.1, 0.15) is 48.9 Å². The van der Waals surface area contributed by atoms with Crippen molar-refractivity contribution in [2.45, 2.75) is 108 Å². The Labute approximate surface area is 391 Å². The Balaban J connectivity index is 0.941. The van der Waals surface area contributed by atoms with Crippen LogP contribution in [-0.4, -0.2) is 102 Å². The van der Waals surface area contributed by atoms with Gasteiger partial charge in [-0.25, -0.2) is 9.48 Å². The number of esters is 1. The van der Waals surface area contributed by atoms with E-state index in [-0.39, 0.29) is 57.5 Å². The van der Waals surface area contributed by atoms with E-state index >= 15 is 0 Å². The molecule has 0 aliphatic carbocycles. The fourth-order valence-electron chi connectivity index (χ4n) is 8.34. The quantitative estimate of drug-likeness (QED) is 0.0939. The molecule has 9 atom stereocenters. The molecule has 8 rings (SSSR count). The molecule has 2 aliphatic rings. The average molecular weight is 931 g/mol. The van der Waals surface area contributed by atoms with Gasteiger partial charge in [-0.2, -0.15) is 0 Å². The van der Waals surface area contributed by atoms with E-state index in [0.29, 0.717) is 6.61 Å². The second kappa shape index (κ2) is 22.9. The minimum atomic E-state index is -1.52. The van der Waals surface area contributed by atoms with E-state index in [9.17, 15) is 29.4 Å². The standard InChI is InChI=1S/C50H54N6O12/c1-33(57)51-44-39(67-41(32-63-28-35-16-8-3-9-17-35)47(65-29-36-18-10-4-11-19-36)48(44)66-30-37-20-12-5-13-21-37)24-43(59)64-31-38-26-54(53-52-38)27-40-45(60)46(61)49(68-40)55-23-22-42(58)56(50(55)62)25-34-14-6-2-7-15-34/h2-23,26,39-41,44-49,60-61H,24-25,27-32H2,1H3,(H,51,57)/t39-,40-,41-,44+,45-,46-,47-,48-,49-/m1/s1. The highest BCUT2D eigenvalue weighted by Gasteiger charge is 2.49. The Morgan fingerprint density at radius 3 is 1.90 bits per heavy atom. The van der Waals surface area contributed by atoms with E-state index in [2.05, 4.69) is 15.6 Å². The van der Waals surface area contributed by atoms with E-state index in [4.69, 9.17) is 28.4 Å². The maximum Gasteiger partial charge on any atom is 0.333 e. The van der Waals surface area contributed by atoms with Crippen LogP contribution in [-0.2, 0) is 77.5 Å². The van der Waals surface area contributed by atoms with Crippen LogP contribution in [0.25, 0.3) is 0 Å². The summed E-state index contributed by atoms with van der Waals surface area (Å²) in [5, 5.41) is 33.2. The van der Waals surface area contributed by atoms with Gasteiger partial charge in [-0.05, 0) is 22.3 Å². The minimum Gasteiger partial charge on any atom is -0.459 e. The van der Waals surface area contributed by atoms with Crippen LogP contribution in [0, 0.1) is 0 Å². The number of rotatable bonds is 20. The summed E-state index contributed by atoms with van der Waals surface area (Å²) >= 11 is 0. The van der Waals surface area contributed by atoms with Gasteiger partial charge in [-0.3, -0.25) is 23.5 Å². The predicted octanol–water partition coefficient (Wildman–Crippen LogP) is 3.06. The number of aliphatic hydroxyl groups is 2. The minimum absolute atomic E-state index is 0.00297. The van der Waals surface area contributed by atoms with Crippen LogP contribution in [0.3, 0.4) is 0 Å².